The van der Waals surface area contributed by atoms with E-state index < -0.39 is 10.0 Å². The van der Waals surface area contributed by atoms with Crippen LogP contribution in [0.5, 0.6) is 5.75 Å². The Labute approximate surface area is 202 Å². The maximum absolute atomic E-state index is 13.4. The first-order valence-electron chi connectivity index (χ1n) is 11.3. The highest BCUT2D eigenvalue weighted by Crippen LogP contribution is 2.34. The standard InChI is InChI=1S/C26H22N4O4S/c31-19-6-4-5-18(17-19)25-27-24-21-11-12-30(35(32,33)20-7-2-1-3-8-20)23(21)10-9-22(24)26(28-25)29-13-15-34-16-14-29/h1-12,17,31H,13-16H2. The molecule has 5 aromatic rings. The van der Waals surface area contributed by atoms with E-state index in [1.54, 1.807) is 66.9 Å². The lowest BCUT2D eigenvalue weighted by Gasteiger charge is -2.29. The Morgan fingerprint density at radius 1 is 0.857 bits per heavy atom. The number of morpholine rings is 1. The summed E-state index contributed by atoms with van der Waals surface area (Å²) in [4.78, 5) is 12.1. The Bertz CT molecular complexity index is 1660. The van der Waals surface area contributed by atoms with Crippen molar-refractivity contribution < 1.29 is 18.3 Å². The van der Waals surface area contributed by atoms with Crippen LogP contribution < -0.4 is 4.90 Å². The topological polar surface area (TPSA) is 97.5 Å². The van der Waals surface area contributed by atoms with Gasteiger partial charge >= 0.3 is 0 Å². The number of nitrogens with zero attached hydrogens (tertiary/aromatic N) is 4. The van der Waals surface area contributed by atoms with Crippen molar-refractivity contribution in [2.45, 2.75) is 4.90 Å². The molecule has 9 heteroatoms. The van der Waals surface area contributed by atoms with E-state index in [-0.39, 0.29) is 10.6 Å². The molecule has 0 aliphatic carbocycles. The molecule has 1 fully saturated rings. The number of benzene rings is 3. The van der Waals surface area contributed by atoms with Crippen molar-refractivity contribution in [3.8, 4) is 17.1 Å². The zero-order valence-corrected chi connectivity index (χ0v) is 19.5. The normalized spacial score (nSPS) is 14.6. The van der Waals surface area contributed by atoms with E-state index in [1.807, 2.05) is 12.1 Å². The summed E-state index contributed by atoms with van der Waals surface area (Å²) >= 11 is 0. The van der Waals surface area contributed by atoms with Crippen LogP contribution in [0.25, 0.3) is 33.2 Å². The summed E-state index contributed by atoms with van der Waals surface area (Å²) < 4.78 is 33.6. The summed E-state index contributed by atoms with van der Waals surface area (Å²) in [6.07, 6.45) is 1.57. The number of phenolic OH excluding ortho intramolecular Hbond substituents is 1. The van der Waals surface area contributed by atoms with Gasteiger partial charge < -0.3 is 14.7 Å². The summed E-state index contributed by atoms with van der Waals surface area (Å²) in [5.41, 5.74) is 1.86. The van der Waals surface area contributed by atoms with Crippen LogP contribution in [0.4, 0.5) is 5.82 Å². The minimum atomic E-state index is -3.78. The quantitative estimate of drug-likeness (QED) is 0.410. The lowest BCUT2D eigenvalue weighted by Crippen LogP contribution is -2.37. The van der Waals surface area contributed by atoms with Crippen molar-refractivity contribution in [2.75, 3.05) is 31.2 Å². The van der Waals surface area contributed by atoms with Gasteiger partial charge in [-0.1, -0.05) is 30.3 Å². The molecule has 0 bridgehead atoms. The third-order valence-corrected chi connectivity index (χ3v) is 7.90. The molecule has 0 unspecified atom stereocenters. The maximum Gasteiger partial charge on any atom is 0.268 e. The van der Waals surface area contributed by atoms with Gasteiger partial charge in [0.1, 0.15) is 11.6 Å². The fraction of sp³-hybridized carbons (Fsp3) is 0.154. The maximum atomic E-state index is 13.4. The van der Waals surface area contributed by atoms with Crippen molar-refractivity contribution in [1.82, 2.24) is 13.9 Å². The first-order chi connectivity index (χ1) is 17.0. The summed E-state index contributed by atoms with van der Waals surface area (Å²) in [6.45, 7) is 2.57. The number of rotatable bonds is 4. The van der Waals surface area contributed by atoms with E-state index >= 15 is 0 Å². The molecule has 35 heavy (non-hydrogen) atoms. The highest BCUT2D eigenvalue weighted by atomic mass is 32.2. The third-order valence-electron chi connectivity index (χ3n) is 6.19. The number of fused-ring (bicyclic) bond motifs is 3. The molecule has 3 heterocycles. The highest BCUT2D eigenvalue weighted by Gasteiger charge is 2.23. The van der Waals surface area contributed by atoms with Crippen LogP contribution in [0.1, 0.15) is 0 Å². The van der Waals surface area contributed by atoms with Crippen molar-refractivity contribution in [2.24, 2.45) is 0 Å². The average Bonchev–Trinajstić information content (AvgIpc) is 3.35. The van der Waals surface area contributed by atoms with Gasteiger partial charge in [-0.3, -0.25) is 0 Å². The largest absolute Gasteiger partial charge is 0.508 e. The van der Waals surface area contributed by atoms with Crippen molar-refractivity contribution in [3.05, 3.63) is 79.0 Å². The second-order valence-electron chi connectivity index (χ2n) is 8.34. The summed E-state index contributed by atoms with van der Waals surface area (Å²) in [7, 11) is -3.78. The molecule has 3 aromatic carbocycles. The number of aromatic hydroxyl groups is 1. The molecule has 176 valence electrons. The van der Waals surface area contributed by atoms with Gasteiger partial charge in [0.15, 0.2) is 5.82 Å². The summed E-state index contributed by atoms with van der Waals surface area (Å²) in [5, 5.41) is 11.6. The predicted molar refractivity (Wildman–Crippen MR) is 134 cm³/mol. The lowest BCUT2D eigenvalue weighted by atomic mass is 10.1. The van der Waals surface area contributed by atoms with Crippen molar-refractivity contribution in [3.63, 3.8) is 0 Å². The molecule has 8 nitrogen and oxygen atoms in total. The molecule has 0 atom stereocenters. The molecule has 0 saturated carbocycles. The number of hydrogen-bond acceptors (Lipinski definition) is 7. The number of aromatic nitrogens is 3. The van der Waals surface area contributed by atoms with E-state index in [0.29, 0.717) is 54.1 Å². The number of phenols is 1. The minimum absolute atomic E-state index is 0.123. The molecule has 2 aromatic heterocycles. The van der Waals surface area contributed by atoms with E-state index in [4.69, 9.17) is 14.7 Å². The Morgan fingerprint density at radius 3 is 2.43 bits per heavy atom. The fourth-order valence-corrected chi connectivity index (χ4v) is 5.84. The van der Waals surface area contributed by atoms with Gasteiger partial charge in [0.2, 0.25) is 0 Å². The number of anilines is 1. The second-order valence-corrected chi connectivity index (χ2v) is 10.2. The van der Waals surface area contributed by atoms with Crippen LogP contribution in [0.2, 0.25) is 0 Å². The predicted octanol–water partition coefficient (Wildman–Crippen LogP) is 4.03. The van der Waals surface area contributed by atoms with Gasteiger partial charge in [-0.2, -0.15) is 0 Å². The van der Waals surface area contributed by atoms with Gasteiger partial charge in [-0.05, 0) is 42.5 Å². The van der Waals surface area contributed by atoms with E-state index in [0.717, 1.165) is 11.2 Å². The van der Waals surface area contributed by atoms with Crippen LogP contribution in [-0.2, 0) is 14.8 Å². The molecule has 1 aliphatic rings. The second kappa shape index (κ2) is 8.37. The van der Waals surface area contributed by atoms with Crippen molar-refractivity contribution in [1.29, 1.82) is 0 Å². The zero-order valence-electron chi connectivity index (χ0n) is 18.7. The molecule has 0 amide bonds. The Morgan fingerprint density at radius 2 is 1.66 bits per heavy atom. The Balaban J connectivity index is 1.61. The summed E-state index contributed by atoms with van der Waals surface area (Å²) in [6, 6.07) is 20.6. The molecular weight excluding hydrogens is 464 g/mol. The average molecular weight is 487 g/mol. The Kier molecular flexibility index (Phi) is 5.16. The molecule has 1 aliphatic heterocycles. The van der Waals surface area contributed by atoms with Gasteiger partial charge in [0.05, 0.1) is 29.1 Å². The lowest BCUT2D eigenvalue weighted by molar-refractivity contribution is 0.122. The molecular formula is C26H22N4O4S. The zero-order chi connectivity index (χ0) is 24.0. The number of ether oxygens (including phenoxy) is 1. The van der Waals surface area contributed by atoms with Crippen molar-refractivity contribution >= 4 is 37.6 Å². The molecule has 0 radical (unpaired) electrons. The minimum Gasteiger partial charge on any atom is -0.508 e. The molecule has 1 saturated heterocycles. The van der Waals surface area contributed by atoms with Crippen LogP contribution >= 0.6 is 0 Å². The molecule has 6 rings (SSSR count). The van der Waals surface area contributed by atoms with E-state index in [9.17, 15) is 13.5 Å². The fourth-order valence-electron chi connectivity index (χ4n) is 4.47. The van der Waals surface area contributed by atoms with E-state index in [2.05, 4.69) is 4.90 Å². The molecule has 0 spiro atoms. The van der Waals surface area contributed by atoms with Gasteiger partial charge in [-0.15, -0.1) is 0 Å². The van der Waals surface area contributed by atoms with Gasteiger partial charge in [0, 0.05) is 35.6 Å². The summed E-state index contributed by atoms with van der Waals surface area (Å²) in [5.74, 6) is 1.34. The van der Waals surface area contributed by atoms with Crippen LogP contribution in [0, 0.1) is 0 Å². The number of hydrogen-bond donors (Lipinski definition) is 1. The van der Waals surface area contributed by atoms with Crippen LogP contribution in [0.15, 0.2) is 83.9 Å². The smallest absolute Gasteiger partial charge is 0.268 e. The van der Waals surface area contributed by atoms with Crippen LogP contribution in [-0.4, -0.2) is 53.8 Å². The highest BCUT2D eigenvalue weighted by molar-refractivity contribution is 7.90. The van der Waals surface area contributed by atoms with Crippen LogP contribution in [0.3, 0.4) is 0 Å². The Hall–Kier alpha value is -3.95. The van der Waals surface area contributed by atoms with Gasteiger partial charge in [-0.25, -0.2) is 22.4 Å². The first kappa shape index (κ1) is 21.6. The monoisotopic (exact) mass is 486 g/mol. The van der Waals surface area contributed by atoms with E-state index in [1.165, 1.54) is 3.97 Å². The van der Waals surface area contributed by atoms with Gasteiger partial charge in [0.25, 0.3) is 10.0 Å². The first-order valence-corrected chi connectivity index (χ1v) is 12.7. The SMILES string of the molecule is O=S(=O)(c1ccccc1)n1ccc2c3nc(-c4cccc(O)c4)nc(N4CCOCC4)c3ccc21. The third kappa shape index (κ3) is 3.69. The molecule has 1 N–H and O–H groups in total.